The van der Waals surface area contributed by atoms with Gasteiger partial charge in [0.25, 0.3) is 0 Å². The van der Waals surface area contributed by atoms with Crippen LogP contribution >= 0.6 is 0 Å². The lowest BCUT2D eigenvalue weighted by Crippen LogP contribution is -2.48. The van der Waals surface area contributed by atoms with Crippen LogP contribution in [0.2, 0.25) is 0 Å². The molecule has 5 heteroatoms. The van der Waals surface area contributed by atoms with E-state index in [4.69, 9.17) is 4.98 Å². The van der Waals surface area contributed by atoms with E-state index in [1.165, 1.54) is 0 Å². The van der Waals surface area contributed by atoms with Crippen molar-refractivity contribution in [3.8, 4) is 0 Å². The number of nitrogens with zero attached hydrogens (tertiary/aromatic N) is 4. The summed E-state index contributed by atoms with van der Waals surface area (Å²) in [5.41, 5.74) is 1.86. The molecule has 0 N–H and O–H groups in total. The highest BCUT2D eigenvalue weighted by atomic mass is 16.2. The molecule has 2 aliphatic rings. The minimum absolute atomic E-state index is 0.198. The van der Waals surface area contributed by atoms with E-state index in [0.717, 1.165) is 55.6 Å². The molecule has 1 aromatic carbocycles. The van der Waals surface area contributed by atoms with Gasteiger partial charge in [0.15, 0.2) is 0 Å². The zero-order valence-electron chi connectivity index (χ0n) is 13.5. The van der Waals surface area contributed by atoms with E-state index in [0.29, 0.717) is 12.1 Å². The van der Waals surface area contributed by atoms with Crippen molar-refractivity contribution in [3.05, 3.63) is 30.5 Å². The molecule has 0 saturated carbocycles. The first-order chi connectivity index (χ1) is 11.2. The number of hydrogen-bond acceptors (Lipinski definition) is 4. The molecule has 1 aromatic heterocycles. The molecular weight excluding hydrogens is 288 g/mol. The van der Waals surface area contributed by atoms with Crippen LogP contribution < -0.4 is 4.90 Å². The molecule has 4 rings (SSSR count). The van der Waals surface area contributed by atoms with Gasteiger partial charge in [-0.15, -0.1) is 0 Å². The Kier molecular flexibility index (Phi) is 3.63. The average Bonchev–Trinajstić information content (AvgIpc) is 3.22. The highest BCUT2D eigenvalue weighted by Crippen LogP contribution is 2.33. The number of likely N-dealkylation sites (tertiary alicyclic amines) is 1. The van der Waals surface area contributed by atoms with Crippen LogP contribution in [0.15, 0.2) is 30.5 Å². The van der Waals surface area contributed by atoms with Crippen LogP contribution in [-0.4, -0.2) is 45.9 Å². The molecule has 0 spiro atoms. The van der Waals surface area contributed by atoms with Crippen molar-refractivity contribution >= 4 is 22.8 Å². The van der Waals surface area contributed by atoms with Crippen LogP contribution in [-0.2, 0) is 4.79 Å². The second-order valence-corrected chi connectivity index (χ2v) is 6.54. The Labute approximate surface area is 136 Å². The Hall–Kier alpha value is -2.17. The number of aromatic nitrogens is 2. The Balaban J connectivity index is 1.65. The molecular formula is C18H22N4O. The highest BCUT2D eigenvalue weighted by molar-refractivity contribution is 5.76. The Morgan fingerprint density at radius 1 is 1.09 bits per heavy atom. The molecule has 1 amide bonds. The van der Waals surface area contributed by atoms with Gasteiger partial charge in [0.2, 0.25) is 5.91 Å². The number of rotatable bonds is 2. The third-order valence-corrected chi connectivity index (χ3v) is 5.18. The fourth-order valence-electron chi connectivity index (χ4n) is 4.15. The number of benzene rings is 1. The maximum atomic E-state index is 11.9. The van der Waals surface area contributed by atoms with Gasteiger partial charge in [-0.1, -0.05) is 12.1 Å². The number of carbonyl (C=O) groups excluding carboxylic acids is 1. The van der Waals surface area contributed by atoms with Crippen molar-refractivity contribution < 1.29 is 4.79 Å². The molecule has 2 aromatic rings. The first-order valence-corrected chi connectivity index (χ1v) is 8.50. The largest absolute Gasteiger partial charge is 0.350 e. The number of anilines is 1. The van der Waals surface area contributed by atoms with E-state index >= 15 is 0 Å². The van der Waals surface area contributed by atoms with Crippen LogP contribution in [0.4, 0.5) is 5.82 Å². The second-order valence-electron chi connectivity index (χ2n) is 6.54. The second kappa shape index (κ2) is 5.80. The van der Waals surface area contributed by atoms with Gasteiger partial charge in [0.1, 0.15) is 5.82 Å². The zero-order chi connectivity index (χ0) is 15.8. The molecule has 5 nitrogen and oxygen atoms in total. The molecule has 2 aliphatic heterocycles. The summed E-state index contributed by atoms with van der Waals surface area (Å²) in [5.74, 6) is 1.14. The fourth-order valence-corrected chi connectivity index (χ4v) is 4.15. The molecule has 2 fully saturated rings. The molecule has 2 saturated heterocycles. The van der Waals surface area contributed by atoms with Crippen LogP contribution in [0.5, 0.6) is 0 Å². The predicted octanol–water partition coefficient (Wildman–Crippen LogP) is 2.61. The molecule has 23 heavy (non-hydrogen) atoms. The van der Waals surface area contributed by atoms with Gasteiger partial charge < -0.3 is 9.80 Å². The molecule has 0 aliphatic carbocycles. The standard InChI is InChI=1S/C18H22N4O/c1-13(23)21-10-4-8-16(21)17-9-5-11-22(17)18-12-19-14-6-2-3-7-15(14)20-18/h2-3,6-7,12,16-17H,4-5,8-11H2,1H3/t16-,17-/m1/s1. The lowest BCUT2D eigenvalue weighted by Gasteiger charge is -2.35. The van der Waals surface area contributed by atoms with Crippen molar-refractivity contribution in [2.45, 2.75) is 44.7 Å². The highest BCUT2D eigenvalue weighted by Gasteiger charge is 2.39. The van der Waals surface area contributed by atoms with E-state index in [1.807, 2.05) is 30.5 Å². The number of carbonyl (C=O) groups is 1. The van der Waals surface area contributed by atoms with Gasteiger partial charge in [-0.3, -0.25) is 9.78 Å². The molecule has 0 bridgehead atoms. The van der Waals surface area contributed by atoms with Crippen molar-refractivity contribution in [3.63, 3.8) is 0 Å². The summed E-state index contributed by atoms with van der Waals surface area (Å²) in [4.78, 5) is 25.7. The Morgan fingerprint density at radius 2 is 1.83 bits per heavy atom. The first-order valence-electron chi connectivity index (χ1n) is 8.50. The summed E-state index contributed by atoms with van der Waals surface area (Å²) in [6.07, 6.45) is 6.37. The molecule has 0 unspecified atom stereocenters. The number of para-hydroxylation sites is 2. The van der Waals surface area contributed by atoms with Gasteiger partial charge in [-0.05, 0) is 37.8 Å². The third-order valence-electron chi connectivity index (χ3n) is 5.18. The average molecular weight is 310 g/mol. The van der Waals surface area contributed by atoms with E-state index in [9.17, 15) is 4.79 Å². The van der Waals surface area contributed by atoms with Crippen LogP contribution in [0.3, 0.4) is 0 Å². The lowest BCUT2D eigenvalue weighted by molar-refractivity contribution is -0.129. The summed E-state index contributed by atoms with van der Waals surface area (Å²) in [5, 5.41) is 0. The topological polar surface area (TPSA) is 49.3 Å². The third kappa shape index (κ3) is 2.54. The van der Waals surface area contributed by atoms with E-state index in [1.54, 1.807) is 6.92 Å². The number of fused-ring (bicyclic) bond motifs is 1. The van der Waals surface area contributed by atoms with Crippen LogP contribution in [0, 0.1) is 0 Å². The van der Waals surface area contributed by atoms with E-state index < -0.39 is 0 Å². The Bertz CT molecular complexity index is 732. The monoisotopic (exact) mass is 310 g/mol. The summed E-state index contributed by atoms with van der Waals surface area (Å²) < 4.78 is 0. The number of hydrogen-bond donors (Lipinski definition) is 0. The van der Waals surface area contributed by atoms with Crippen LogP contribution in [0.1, 0.15) is 32.6 Å². The van der Waals surface area contributed by atoms with Gasteiger partial charge >= 0.3 is 0 Å². The first kappa shape index (κ1) is 14.4. The molecule has 2 atom stereocenters. The predicted molar refractivity (Wildman–Crippen MR) is 90.3 cm³/mol. The number of amides is 1. The van der Waals surface area contributed by atoms with Crippen molar-refractivity contribution in [1.29, 1.82) is 0 Å². The fraction of sp³-hybridized carbons (Fsp3) is 0.500. The van der Waals surface area contributed by atoms with Crippen molar-refractivity contribution in [1.82, 2.24) is 14.9 Å². The van der Waals surface area contributed by atoms with Gasteiger partial charge in [-0.25, -0.2) is 4.98 Å². The van der Waals surface area contributed by atoms with Gasteiger partial charge in [0, 0.05) is 20.0 Å². The zero-order valence-corrected chi connectivity index (χ0v) is 13.5. The quantitative estimate of drug-likeness (QED) is 0.855. The van der Waals surface area contributed by atoms with E-state index in [-0.39, 0.29) is 5.91 Å². The van der Waals surface area contributed by atoms with Crippen molar-refractivity contribution in [2.75, 3.05) is 18.0 Å². The maximum Gasteiger partial charge on any atom is 0.219 e. The van der Waals surface area contributed by atoms with Gasteiger partial charge in [-0.2, -0.15) is 0 Å². The normalized spacial score (nSPS) is 24.6. The van der Waals surface area contributed by atoms with Gasteiger partial charge in [0.05, 0.1) is 29.3 Å². The maximum absolute atomic E-state index is 11.9. The molecule has 3 heterocycles. The lowest BCUT2D eigenvalue weighted by atomic mass is 10.0. The summed E-state index contributed by atoms with van der Waals surface area (Å²) in [7, 11) is 0. The summed E-state index contributed by atoms with van der Waals surface area (Å²) in [6.45, 7) is 3.58. The van der Waals surface area contributed by atoms with E-state index in [2.05, 4.69) is 14.8 Å². The minimum atomic E-state index is 0.198. The smallest absolute Gasteiger partial charge is 0.219 e. The van der Waals surface area contributed by atoms with Crippen molar-refractivity contribution in [2.24, 2.45) is 0 Å². The minimum Gasteiger partial charge on any atom is -0.350 e. The summed E-state index contributed by atoms with van der Waals surface area (Å²) in [6, 6.07) is 8.67. The molecule has 0 radical (unpaired) electrons. The SMILES string of the molecule is CC(=O)N1CCC[C@@H]1[C@H]1CCCN1c1cnc2ccccc2n1. The molecule has 120 valence electrons. The van der Waals surface area contributed by atoms with Crippen LogP contribution in [0.25, 0.3) is 11.0 Å². The summed E-state index contributed by atoms with van der Waals surface area (Å²) >= 11 is 0. The Morgan fingerprint density at radius 3 is 2.65 bits per heavy atom.